The van der Waals surface area contributed by atoms with Gasteiger partial charge in [-0.25, -0.2) is 0 Å². The molecule has 4 aliphatic rings. The molecule has 0 N–H and O–H groups in total. The summed E-state index contributed by atoms with van der Waals surface area (Å²) in [6.07, 6.45) is 15.8. The summed E-state index contributed by atoms with van der Waals surface area (Å²) in [6, 6.07) is 25.7. The molecule has 0 spiro atoms. The summed E-state index contributed by atoms with van der Waals surface area (Å²) in [7, 11) is 5.24. The fourth-order valence-electron chi connectivity index (χ4n) is 9.51. The zero-order chi connectivity index (χ0) is 28.1. The van der Waals surface area contributed by atoms with Crippen LogP contribution in [0.4, 0.5) is 0 Å². The van der Waals surface area contributed by atoms with Gasteiger partial charge in [-0.2, -0.15) is 0 Å². The highest BCUT2D eigenvalue weighted by Gasteiger charge is 2.48. The first-order valence-electron chi connectivity index (χ1n) is 17.3. The number of benzene rings is 2. The smallest absolute Gasteiger partial charge is 0.102 e. The van der Waals surface area contributed by atoms with Gasteiger partial charge in [0, 0.05) is 38.8 Å². The quantitative estimate of drug-likeness (QED) is 0.177. The van der Waals surface area contributed by atoms with E-state index >= 15 is 0 Å². The van der Waals surface area contributed by atoms with Crippen molar-refractivity contribution < 1.29 is 56.9 Å². The number of hydrogen-bond donors (Lipinski definition) is 0. The van der Waals surface area contributed by atoms with Crippen molar-refractivity contribution >= 4 is 0 Å². The van der Waals surface area contributed by atoms with Crippen molar-refractivity contribution in [3.05, 3.63) is 71.8 Å². The first-order valence-corrected chi connectivity index (χ1v) is 17.3. The normalized spacial score (nSPS) is 32.4. The van der Waals surface area contributed by atoms with Crippen molar-refractivity contribution in [1.82, 2.24) is 9.80 Å². The highest BCUT2D eigenvalue weighted by molar-refractivity contribution is 5.15. The predicted octanol–water partition coefficient (Wildman–Crippen LogP) is 0.712. The van der Waals surface area contributed by atoms with Gasteiger partial charge in [-0.1, -0.05) is 67.1 Å². The average Bonchev–Trinajstić information content (AvgIpc) is 2.95. The first-order chi connectivity index (χ1) is 20.0. The van der Waals surface area contributed by atoms with E-state index in [1.807, 2.05) is 0 Å². The predicted molar refractivity (Wildman–Crippen MR) is 171 cm³/mol. The lowest BCUT2D eigenvalue weighted by Gasteiger charge is -2.56. The van der Waals surface area contributed by atoms with E-state index in [2.05, 4.69) is 84.6 Å². The average molecular weight is 813 g/mol. The Balaban J connectivity index is 0.00000212. The van der Waals surface area contributed by atoms with Gasteiger partial charge in [0.2, 0.25) is 0 Å². The number of likely N-dealkylation sites (tertiary alicyclic amines) is 2. The van der Waals surface area contributed by atoms with Crippen LogP contribution in [0.25, 0.3) is 0 Å². The summed E-state index contributed by atoms with van der Waals surface area (Å²) in [5, 5.41) is 0. The number of unbranched alkanes of at least 4 members (excludes halogenated alkanes) is 4. The van der Waals surface area contributed by atoms with Gasteiger partial charge < -0.3 is 56.9 Å². The maximum Gasteiger partial charge on any atom is 0.102 e. The minimum Gasteiger partial charge on any atom is -1.00 e. The van der Waals surface area contributed by atoms with Gasteiger partial charge in [0.15, 0.2) is 0 Å². The fraction of sp³-hybridized carbons (Fsp3) is 0.676. The molecule has 4 nitrogen and oxygen atoms in total. The Hall–Kier alpha value is -0.260. The third-order valence-electron chi connectivity index (χ3n) is 12.1. The number of likely N-dealkylation sites (N-methyl/N-ethyl adjacent to an activating group) is 2. The van der Waals surface area contributed by atoms with Gasteiger partial charge in [0.1, 0.15) is 24.2 Å². The van der Waals surface area contributed by atoms with E-state index in [0.717, 1.165) is 37.3 Å². The molecule has 0 saturated carbocycles. The highest BCUT2D eigenvalue weighted by atomic mass is 127. The first kappa shape index (κ1) is 35.6. The molecule has 4 saturated heterocycles. The number of nitrogens with zero attached hydrogens (tertiary/aromatic N) is 4. The summed E-state index contributed by atoms with van der Waals surface area (Å²) in [5.74, 6) is 0. The zero-order valence-corrected chi connectivity index (χ0v) is 31.4. The molecule has 4 unspecified atom stereocenters. The molecule has 0 aromatic heterocycles. The number of piperazine rings is 2. The van der Waals surface area contributed by atoms with Crippen LogP contribution in [0.5, 0.6) is 0 Å². The minimum absolute atomic E-state index is 0. The topological polar surface area (TPSA) is 6.48 Å². The lowest BCUT2D eigenvalue weighted by atomic mass is 9.87. The van der Waals surface area contributed by atoms with E-state index in [0.29, 0.717) is 0 Å². The highest BCUT2D eigenvalue weighted by Crippen LogP contribution is 2.37. The van der Waals surface area contributed by atoms with Gasteiger partial charge in [0.25, 0.3) is 0 Å². The van der Waals surface area contributed by atoms with Gasteiger partial charge in [-0.15, -0.1) is 0 Å². The lowest BCUT2D eigenvalue weighted by molar-refractivity contribution is -0.966. The zero-order valence-electron chi connectivity index (χ0n) is 27.1. The van der Waals surface area contributed by atoms with Crippen molar-refractivity contribution in [3.8, 4) is 0 Å². The number of hydrogen-bond acceptors (Lipinski definition) is 2. The van der Waals surface area contributed by atoms with E-state index in [1.165, 1.54) is 130 Å². The molecule has 2 aromatic rings. The number of quaternary nitrogens is 2. The second-order valence-electron chi connectivity index (χ2n) is 14.7. The maximum absolute atomic E-state index is 2.77. The number of halogens is 2. The SMILES string of the molecule is C[N+]1(CCCCCCC[N+]2(C)C3CCCC2CN(Cc2ccccc2)C3)C2CCCC1CN(Cc1ccccc1)C2.[I-].[I-]. The Morgan fingerprint density at radius 1 is 0.512 bits per heavy atom. The van der Waals surface area contributed by atoms with Crippen LogP contribution < -0.4 is 48.0 Å². The molecule has 6 heteroatoms. The summed E-state index contributed by atoms with van der Waals surface area (Å²) in [6.45, 7) is 10.3. The molecular weight excluding hydrogens is 754 g/mol. The molecule has 43 heavy (non-hydrogen) atoms. The van der Waals surface area contributed by atoms with E-state index in [9.17, 15) is 0 Å². The molecule has 2 aromatic carbocycles. The van der Waals surface area contributed by atoms with Gasteiger partial charge in [0.05, 0.1) is 53.4 Å². The van der Waals surface area contributed by atoms with E-state index in [1.54, 1.807) is 0 Å². The monoisotopic (exact) mass is 812 g/mol. The van der Waals surface area contributed by atoms with Crippen molar-refractivity contribution in [1.29, 1.82) is 0 Å². The summed E-state index contributed by atoms with van der Waals surface area (Å²) in [5.41, 5.74) is 2.96. The van der Waals surface area contributed by atoms with Gasteiger partial charge >= 0.3 is 0 Å². The maximum atomic E-state index is 2.77. The molecular formula is C37H58I2N4. The molecule has 4 aliphatic heterocycles. The van der Waals surface area contributed by atoms with Crippen LogP contribution in [-0.2, 0) is 13.1 Å². The number of rotatable bonds is 12. The fourth-order valence-corrected chi connectivity index (χ4v) is 9.51. The third-order valence-corrected chi connectivity index (χ3v) is 12.1. The molecule has 6 rings (SSSR count). The van der Waals surface area contributed by atoms with Crippen molar-refractivity contribution in [2.24, 2.45) is 0 Å². The second-order valence-corrected chi connectivity index (χ2v) is 14.7. The summed E-state index contributed by atoms with van der Waals surface area (Å²) < 4.78 is 2.73. The van der Waals surface area contributed by atoms with E-state index < -0.39 is 0 Å². The Bertz CT molecular complexity index is 969. The molecule has 0 amide bonds. The van der Waals surface area contributed by atoms with Crippen LogP contribution in [0.2, 0.25) is 0 Å². The summed E-state index contributed by atoms with van der Waals surface area (Å²) >= 11 is 0. The lowest BCUT2D eigenvalue weighted by Crippen LogP contribution is -3.00. The van der Waals surface area contributed by atoms with Crippen molar-refractivity contribution in [3.63, 3.8) is 0 Å². The Kier molecular flexibility index (Phi) is 13.7. The third kappa shape index (κ3) is 8.56. The number of fused-ring (bicyclic) bond motifs is 4. The molecule has 240 valence electrons. The summed E-state index contributed by atoms with van der Waals surface area (Å²) in [4.78, 5) is 5.54. The van der Waals surface area contributed by atoms with Crippen LogP contribution in [0.15, 0.2) is 60.7 Å². The molecule has 4 atom stereocenters. The van der Waals surface area contributed by atoms with Crippen LogP contribution in [0.3, 0.4) is 0 Å². The van der Waals surface area contributed by atoms with Crippen LogP contribution in [0.1, 0.15) is 81.8 Å². The van der Waals surface area contributed by atoms with Crippen LogP contribution in [-0.4, -0.2) is 96.3 Å². The Morgan fingerprint density at radius 2 is 0.837 bits per heavy atom. The van der Waals surface area contributed by atoms with Gasteiger partial charge in [-0.3, -0.25) is 9.80 Å². The van der Waals surface area contributed by atoms with Gasteiger partial charge in [-0.05, 0) is 49.7 Å². The molecule has 4 heterocycles. The standard InChI is InChI=1S/C37H58N4.2HI/c1-40(34-20-14-21-35(40)29-38(28-34)26-32-16-8-6-9-17-32)24-12-4-3-5-13-25-41(2)36-22-15-23-37(41)31-39(30-36)27-33-18-10-7-11-19-33;;/h6-11,16-19,34-37H,3-5,12-15,20-31H2,1-2H3;2*1H/q+2;;/p-2. The molecule has 0 radical (unpaired) electrons. The second kappa shape index (κ2) is 16.5. The largest absolute Gasteiger partial charge is 1.00 e. The van der Waals surface area contributed by atoms with Crippen molar-refractivity contribution in [2.75, 3.05) is 53.4 Å². The van der Waals surface area contributed by atoms with E-state index in [-0.39, 0.29) is 48.0 Å². The van der Waals surface area contributed by atoms with Crippen LogP contribution >= 0.6 is 0 Å². The minimum atomic E-state index is 0. The van der Waals surface area contributed by atoms with Crippen molar-refractivity contribution in [2.45, 2.75) is 108 Å². The molecule has 4 fully saturated rings. The molecule has 4 bridgehead atoms. The Labute approximate surface area is 297 Å². The van der Waals surface area contributed by atoms with E-state index in [4.69, 9.17) is 0 Å². The number of piperidine rings is 2. The Morgan fingerprint density at radius 3 is 1.19 bits per heavy atom. The molecule has 0 aliphatic carbocycles. The van der Waals surface area contributed by atoms with Crippen LogP contribution in [0, 0.1) is 0 Å².